The molecule has 1 rings (SSSR count). The number of aryl methyl sites for hydroxylation is 1. The van der Waals surface area contributed by atoms with Crippen LogP contribution in [0.15, 0.2) is 5.38 Å². The van der Waals surface area contributed by atoms with E-state index in [-0.39, 0.29) is 5.91 Å². The molecule has 0 fully saturated rings. The molecule has 0 N–H and O–H groups in total. The quantitative estimate of drug-likeness (QED) is 0.633. The highest BCUT2D eigenvalue weighted by molar-refractivity contribution is 7.09. The lowest BCUT2D eigenvalue weighted by molar-refractivity contribution is 0.0822. The van der Waals surface area contributed by atoms with Crippen molar-refractivity contribution in [2.24, 2.45) is 0 Å². The molecule has 1 amide bonds. The van der Waals surface area contributed by atoms with Crippen molar-refractivity contribution < 1.29 is 4.79 Å². The van der Waals surface area contributed by atoms with Crippen LogP contribution in [0.5, 0.6) is 0 Å². The zero-order valence-electron chi connectivity index (χ0n) is 6.79. The Morgan fingerprint density at radius 1 is 1.64 bits per heavy atom. The summed E-state index contributed by atoms with van der Waals surface area (Å²) in [5.41, 5.74) is 0.539. The van der Waals surface area contributed by atoms with Crippen LogP contribution in [0.25, 0.3) is 0 Å². The van der Waals surface area contributed by atoms with Crippen molar-refractivity contribution in [3.05, 3.63) is 16.1 Å². The highest BCUT2D eigenvalue weighted by Crippen LogP contribution is 2.08. The van der Waals surface area contributed by atoms with Gasteiger partial charge in [0.05, 0.1) is 5.01 Å². The first-order valence-electron chi connectivity index (χ1n) is 3.25. The Kier molecular flexibility index (Phi) is 2.24. The monoisotopic (exact) mass is 170 g/mol. The fourth-order valence-corrected chi connectivity index (χ4v) is 1.28. The van der Waals surface area contributed by atoms with Crippen LogP contribution in [-0.4, -0.2) is 29.9 Å². The maximum Gasteiger partial charge on any atom is 0.272 e. The number of carbonyl (C=O) groups excluding carboxylic acids is 1. The molecule has 0 aliphatic heterocycles. The first kappa shape index (κ1) is 8.20. The summed E-state index contributed by atoms with van der Waals surface area (Å²) in [6, 6.07) is 0. The largest absolute Gasteiger partial charge is 0.343 e. The Morgan fingerprint density at radius 2 is 2.27 bits per heavy atom. The van der Waals surface area contributed by atoms with Gasteiger partial charge in [-0.15, -0.1) is 11.3 Å². The topological polar surface area (TPSA) is 33.2 Å². The molecule has 60 valence electrons. The van der Waals surface area contributed by atoms with Gasteiger partial charge in [-0.1, -0.05) is 0 Å². The molecule has 0 saturated carbocycles. The molecule has 1 heterocycles. The van der Waals surface area contributed by atoms with Crippen LogP contribution in [0, 0.1) is 6.92 Å². The summed E-state index contributed by atoms with van der Waals surface area (Å²) in [6.45, 7) is 1.89. The molecule has 0 aliphatic rings. The number of carbonyl (C=O) groups is 1. The molecular weight excluding hydrogens is 160 g/mol. The second kappa shape index (κ2) is 3.00. The molecule has 0 aromatic carbocycles. The molecule has 4 heteroatoms. The minimum atomic E-state index is -0.0330. The third-order valence-corrected chi connectivity index (χ3v) is 2.02. The molecule has 0 spiro atoms. The number of nitrogens with zero attached hydrogens (tertiary/aromatic N) is 2. The predicted molar refractivity (Wildman–Crippen MR) is 44.9 cm³/mol. The Bertz CT molecular complexity index is 267. The van der Waals surface area contributed by atoms with E-state index in [0.29, 0.717) is 5.69 Å². The van der Waals surface area contributed by atoms with E-state index in [2.05, 4.69) is 4.98 Å². The van der Waals surface area contributed by atoms with Crippen molar-refractivity contribution in [3.63, 3.8) is 0 Å². The summed E-state index contributed by atoms with van der Waals surface area (Å²) < 4.78 is 0. The third kappa shape index (κ3) is 1.77. The fraction of sp³-hybridized carbons (Fsp3) is 0.429. The zero-order chi connectivity index (χ0) is 8.43. The van der Waals surface area contributed by atoms with Crippen molar-refractivity contribution in [1.29, 1.82) is 0 Å². The van der Waals surface area contributed by atoms with Crippen molar-refractivity contribution >= 4 is 17.2 Å². The minimum Gasteiger partial charge on any atom is -0.343 e. The van der Waals surface area contributed by atoms with Crippen LogP contribution in [-0.2, 0) is 0 Å². The summed E-state index contributed by atoms with van der Waals surface area (Å²) in [5, 5.41) is 2.70. The molecule has 0 radical (unpaired) electrons. The van der Waals surface area contributed by atoms with E-state index in [4.69, 9.17) is 0 Å². The molecule has 0 unspecified atom stereocenters. The second-order valence-corrected chi connectivity index (χ2v) is 3.51. The van der Waals surface area contributed by atoms with E-state index >= 15 is 0 Å². The molecule has 3 nitrogen and oxygen atoms in total. The molecule has 1 aromatic rings. The molecular formula is C7H10N2OS. The highest BCUT2D eigenvalue weighted by atomic mass is 32.1. The van der Waals surface area contributed by atoms with Gasteiger partial charge in [0.15, 0.2) is 0 Å². The average Bonchev–Trinajstić information content (AvgIpc) is 2.34. The number of aromatic nitrogens is 1. The number of hydrogen-bond acceptors (Lipinski definition) is 3. The fourth-order valence-electron chi connectivity index (χ4n) is 0.691. The van der Waals surface area contributed by atoms with Gasteiger partial charge in [-0.05, 0) is 6.92 Å². The molecule has 0 saturated heterocycles. The summed E-state index contributed by atoms with van der Waals surface area (Å²) in [6.07, 6.45) is 0. The molecule has 0 aliphatic carbocycles. The van der Waals surface area contributed by atoms with Gasteiger partial charge in [-0.3, -0.25) is 4.79 Å². The highest BCUT2D eigenvalue weighted by Gasteiger charge is 2.09. The lowest BCUT2D eigenvalue weighted by Crippen LogP contribution is -2.21. The SMILES string of the molecule is Cc1nc(C(=O)N(C)C)cs1. The smallest absolute Gasteiger partial charge is 0.272 e. The third-order valence-electron chi connectivity index (χ3n) is 1.24. The first-order chi connectivity index (χ1) is 5.11. The van der Waals surface area contributed by atoms with Gasteiger partial charge in [0.2, 0.25) is 0 Å². The van der Waals surface area contributed by atoms with Gasteiger partial charge in [0.1, 0.15) is 5.69 Å². The van der Waals surface area contributed by atoms with Gasteiger partial charge in [0.25, 0.3) is 5.91 Å². The van der Waals surface area contributed by atoms with Crippen molar-refractivity contribution in [2.45, 2.75) is 6.92 Å². The predicted octanol–water partition coefficient (Wildman–Crippen LogP) is 1.15. The van der Waals surface area contributed by atoms with Gasteiger partial charge < -0.3 is 4.90 Å². The molecule has 1 aromatic heterocycles. The normalized spacial score (nSPS) is 9.73. The van der Waals surface area contributed by atoms with Crippen molar-refractivity contribution in [2.75, 3.05) is 14.1 Å². The van der Waals surface area contributed by atoms with E-state index in [1.807, 2.05) is 6.92 Å². The van der Waals surface area contributed by atoms with E-state index in [1.165, 1.54) is 16.2 Å². The van der Waals surface area contributed by atoms with Crippen molar-refractivity contribution in [3.8, 4) is 0 Å². The molecule has 11 heavy (non-hydrogen) atoms. The van der Waals surface area contributed by atoms with Crippen LogP contribution in [0.3, 0.4) is 0 Å². The second-order valence-electron chi connectivity index (χ2n) is 2.45. The van der Waals surface area contributed by atoms with E-state index in [0.717, 1.165) is 5.01 Å². The van der Waals surface area contributed by atoms with Gasteiger partial charge in [0, 0.05) is 19.5 Å². The number of amides is 1. The lowest BCUT2D eigenvalue weighted by Gasteiger charge is -2.06. The van der Waals surface area contributed by atoms with E-state index in [9.17, 15) is 4.79 Å². The Balaban J connectivity index is 2.85. The van der Waals surface area contributed by atoms with Gasteiger partial charge >= 0.3 is 0 Å². The number of rotatable bonds is 1. The Morgan fingerprint density at radius 3 is 2.64 bits per heavy atom. The molecule has 0 bridgehead atoms. The maximum atomic E-state index is 11.2. The number of thiazole rings is 1. The average molecular weight is 170 g/mol. The maximum absolute atomic E-state index is 11.2. The summed E-state index contributed by atoms with van der Waals surface area (Å²) in [7, 11) is 3.44. The van der Waals surface area contributed by atoms with Crippen molar-refractivity contribution in [1.82, 2.24) is 9.88 Å². The van der Waals surface area contributed by atoms with E-state index < -0.39 is 0 Å². The zero-order valence-corrected chi connectivity index (χ0v) is 7.60. The Hall–Kier alpha value is -0.900. The van der Waals surface area contributed by atoms with Crippen LogP contribution < -0.4 is 0 Å². The van der Waals surface area contributed by atoms with E-state index in [1.54, 1.807) is 19.5 Å². The number of hydrogen-bond donors (Lipinski definition) is 0. The standard InChI is InChI=1S/C7H10N2OS/c1-5-8-6(4-11-5)7(10)9(2)3/h4H,1-3H3. The van der Waals surface area contributed by atoms with Crippen LogP contribution >= 0.6 is 11.3 Å². The summed E-state index contributed by atoms with van der Waals surface area (Å²) in [5.74, 6) is -0.0330. The van der Waals surface area contributed by atoms with Crippen LogP contribution in [0.2, 0.25) is 0 Å². The minimum absolute atomic E-state index is 0.0330. The summed E-state index contributed by atoms with van der Waals surface area (Å²) >= 11 is 1.49. The van der Waals surface area contributed by atoms with Crippen LogP contribution in [0.4, 0.5) is 0 Å². The first-order valence-corrected chi connectivity index (χ1v) is 4.13. The van der Waals surface area contributed by atoms with Gasteiger partial charge in [-0.25, -0.2) is 4.98 Å². The van der Waals surface area contributed by atoms with Gasteiger partial charge in [-0.2, -0.15) is 0 Å². The summed E-state index contributed by atoms with van der Waals surface area (Å²) in [4.78, 5) is 16.8. The van der Waals surface area contributed by atoms with Crippen LogP contribution in [0.1, 0.15) is 15.5 Å². The Labute approximate surface area is 69.7 Å². The molecule has 0 atom stereocenters. The lowest BCUT2D eigenvalue weighted by atomic mass is 10.4.